The van der Waals surface area contributed by atoms with Crippen molar-refractivity contribution in [3.8, 4) is 22.3 Å². The molecule has 2 heteroatoms. The van der Waals surface area contributed by atoms with Crippen molar-refractivity contribution in [2.75, 3.05) is 5.32 Å². The molecule has 0 saturated heterocycles. The van der Waals surface area contributed by atoms with Crippen LogP contribution in [-0.2, 0) is 0 Å². The van der Waals surface area contributed by atoms with Gasteiger partial charge >= 0.3 is 0 Å². The third-order valence-corrected chi connectivity index (χ3v) is 10.9. The highest BCUT2D eigenvalue weighted by Crippen LogP contribution is 2.46. The zero-order chi connectivity index (χ0) is 31.5. The molecule has 9 rings (SSSR count). The van der Waals surface area contributed by atoms with Crippen molar-refractivity contribution in [3.05, 3.63) is 157 Å². The molecule has 1 aromatic heterocycles. The Morgan fingerprint density at radius 2 is 1.00 bits per heavy atom. The van der Waals surface area contributed by atoms with Crippen molar-refractivity contribution >= 4 is 75.2 Å². The summed E-state index contributed by atoms with van der Waals surface area (Å²) in [5.74, 6) is 0.476. The van der Waals surface area contributed by atoms with E-state index in [1.165, 1.54) is 80.3 Å². The quantitative estimate of drug-likeness (QED) is 0.202. The van der Waals surface area contributed by atoms with Crippen LogP contribution in [-0.4, -0.2) is 0 Å². The van der Waals surface area contributed by atoms with Crippen LogP contribution in [0.25, 0.3) is 74.7 Å². The summed E-state index contributed by atoms with van der Waals surface area (Å²) in [5.41, 5.74) is 8.60. The number of anilines is 2. The molecule has 8 aromatic carbocycles. The van der Waals surface area contributed by atoms with Gasteiger partial charge in [0.25, 0.3) is 0 Å². The largest absolute Gasteiger partial charge is 0.354 e. The molecule has 0 fully saturated rings. The first-order valence-electron chi connectivity index (χ1n) is 16.4. The van der Waals surface area contributed by atoms with Crippen molar-refractivity contribution in [2.24, 2.45) is 0 Å². The first-order valence-corrected chi connectivity index (χ1v) is 17.2. The van der Waals surface area contributed by atoms with Crippen molar-refractivity contribution in [3.63, 3.8) is 0 Å². The minimum absolute atomic E-state index is 0.476. The second kappa shape index (κ2) is 11.1. The molecule has 0 atom stereocenters. The Bertz CT molecular complexity index is 2620. The fourth-order valence-electron chi connectivity index (χ4n) is 7.09. The molecule has 224 valence electrons. The topological polar surface area (TPSA) is 12.0 Å². The Balaban J connectivity index is 1.04. The second-order valence-electron chi connectivity index (χ2n) is 12.9. The molecule has 1 N–H and O–H groups in total. The van der Waals surface area contributed by atoms with Crippen LogP contribution < -0.4 is 5.32 Å². The fraction of sp³-hybridized carbons (Fsp3) is 0.0667. The van der Waals surface area contributed by atoms with Gasteiger partial charge in [-0.2, -0.15) is 0 Å². The number of hydrogen-bond donors (Lipinski definition) is 1. The van der Waals surface area contributed by atoms with E-state index in [0.29, 0.717) is 5.92 Å². The second-order valence-corrected chi connectivity index (χ2v) is 13.9. The normalized spacial score (nSPS) is 11.8. The average molecular weight is 620 g/mol. The Morgan fingerprint density at radius 1 is 0.447 bits per heavy atom. The maximum atomic E-state index is 3.80. The van der Waals surface area contributed by atoms with Gasteiger partial charge in [0.05, 0.1) is 10.4 Å². The average Bonchev–Trinajstić information content (AvgIpc) is 3.52. The van der Waals surface area contributed by atoms with E-state index >= 15 is 0 Å². The predicted octanol–water partition coefficient (Wildman–Crippen LogP) is 13.7. The molecular weight excluding hydrogens is 587 g/mol. The van der Waals surface area contributed by atoms with Crippen molar-refractivity contribution in [1.82, 2.24) is 0 Å². The van der Waals surface area contributed by atoms with Gasteiger partial charge < -0.3 is 5.32 Å². The van der Waals surface area contributed by atoms with Crippen LogP contribution in [0, 0.1) is 0 Å². The fourth-order valence-corrected chi connectivity index (χ4v) is 8.54. The molecule has 0 radical (unpaired) electrons. The summed E-state index contributed by atoms with van der Waals surface area (Å²) in [6.07, 6.45) is 0. The van der Waals surface area contributed by atoms with E-state index in [0.717, 1.165) is 11.4 Å². The zero-order valence-electron chi connectivity index (χ0n) is 26.4. The van der Waals surface area contributed by atoms with Gasteiger partial charge in [0.15, 0.2) is 0 Å². The first kappa shape index (κ1) is 27.8. The number of thiophene rings is 1. The lowest BCUT2D eigenvalue weighted by atomic mass is 9.96. The Labute approximate surface area is 278 Å². The van der Waals surface area contributed by atoms with Crippen LogP contribution in [0.1, 0.15) is 25.3 Å². The Kier molecular flexibility index (Phi) is 6.58. The summed E-state index contributed by atoms with van der Waals surface area (Å²) in [5, 5.41) is 14.1. The van der Waals surface area contributed by atoms with E-state index < -0.39 is 0 Å². The summed E-state index contributed by atoms with van der Waals surface area (Å²) in [4.78, 5) is 0. The van der Waals surface area contributed by atoms with Crippen LogP contribution in [0.2, 0.25) is 0 Å². The predicted molar refractivity (Wildman–Crippen MR) is 207 cm³/mol. The molecule has 0 aliphatic heterocycles. The standard InChI is InChI=1S/C45H33NS/c1-28(2)39-12-7-13-41-43-40-11-6-5-10-37(40)27-42(45(43)47-44(39)41)46-38-22-20-30(21-23-38)32-16-17-35-26-36(19-18-34(35)25-32)33-15-14-29-8-3-4-9-31(29)24-33/h3-28,46H,1-2H3. The molecule has 1 nitrogen and oxygen atoms in total. The summed E-state index contributed by atoms with van der Waals surface area (Å²) in [7, 11) is 0. The molecular formula is C45H33NS. The van der Waals surface area contributed by atoms with E-state index in [1.54, 1.807) is 0 Å². The number of nitrogens with one attached hydrogen (secondary N) is 1. The summed E-state index contributed by atoms with van der Waals surface area (Å²) < 4.78 is 2.71. The smallest absolute Gasteiger partial charge is 0.0597 e. The number of rotatable bonds is 5. The van der Waals surface area contributed by atoms with Crippen LogP contribution >= 0.6 is 11.3 Å². The van der Waals surface area contributed by atoms with Gasteiger partial charge in [-0.3, -0.25) is 0 Å². The molecule has 0 aliphatic carbocycles. The third kappa shape index (κ3) is 4.85. The number of benzene rings is 8. The van der Waals surface area contributed by atoms with E-state index in [9.17, 15) is 0 Å². The van der Waals surface area contributed by atoms with Crippen LogP contribution in [0.4, 0.5) is 11.4 Å². The molecule has 0 spiro atoms. The highest BCUT2D eigenvalue weighted by Gasteiger charge is 2.17. The van der Waals surface area contributed by atoms with E-state index in [2.05, 4.69) is 171 Å². The van der Waals surface area contributed by atoms with Crippen LogP contribution in [0.3, 0.4) is 0 Å². The summed E-state index contributed by atoms with van der Waals surface area (Å²) >= 11 is 1.92. The first-order chi connectivity index (χ1) is 23.1. The molecule has 47 heavy (non-hydrogen) atoms. The molecule has 0 amide bonds. The van der Waals surface area contributed by atoms with Crippen molar-refractivity contribution < 1.29 is 0 Å². The Morgan fingerprint density at radius 3 is 1.70 bits per heavy atom. The monoisotopic (exact) mass is 619 g/mol. The Hall–Kier alpha value is -5.44. The molecule has 9 aromatic rings. The van der Waals surface area contributed by atoms with Crippen molar-refractivity contribution in [2.45, 2.75) is 19.8 Å². The van der Waals surface area contributed by atoms with Crippen LogP contribution in [0.15, 0.2) is 152 Å². The minimum Gasteiger partial charge on any atom is -0.354 e. The van der Waals surface area contributed by atoms with E-state index in [-0.39, 0.29) is 0 Å². The molecule has 0 unspecified atom stereocenters. The SMILES string of the molecule is CC(C)c1cccc2c1sc1c(Nc3ccc(-c4ccc5cc(-c6ccc7ccccc7c6)ccc5c4)cc3)cc3ccccc3c12. The van der Waals surface area contributed by atoms with Gasteiger partial charge in [0.1, 0.15) is 0 Å². The summed E-state index contributed by atoms with van der Waals surface area (Å²) in [6.45, 7) is 4.58. The number of fused-ring (bicyclic) bond motifs is 7. The number of hydrogen-bond acceptors (Lipinski definition) is 2. The zero-order valence-corrected chi connectivity index (χ0v) is 27.2. The van der Waals surface area contributed by atoms with Crippen molar-refractivity contribution in [1.29, 1.82) is 0 Å². The molecule has 0 aliphatic rings. The maximum Gasteiger partial charge on any atom is 0.0597 e. The lowest BCUT2D eigenvalue weighted by molar-refractivity contribution is 0.878. The maximum absolute atomic E-state index is 3.80. The van der Waals surface area contributed by atoms with Gasteiger partial charge in [-0.25, -0.2) is 0 Å². The molecule has 0 saturated carbocycles. The lowest BCUT2D eigenvalue weighted by Gasteiger charge is -2.12. The van der Waals surface area contributed by atoms with Gasteiger partial charge in [-0.05, 0) is 102 Å². The van der Waals surface area contributed by atoms with Crippen LogP contribution in [0.5, 0.6) is 0 Å². The highest BCUT2D eigenvalue weighted by molar-refractivity contribution is 7.26. The van der Waals surface area contributed by atoms with E-state index in [4.69, 9.17) is 0 Å². The summed E-state index contributed by atoms with van der Waals surface area (Å²) in [6, 6.07) is 55.6. The minimum atomic E-state index is 0.476. The third-order valence-electron chi connectivity index (χ3n) is 9.56. The highest BCUT2D eigenvalue weighted by atomic mass is 32.1. The van der Waals surface area contributed by atoms with Gasteiger partial charge in [-0.15, -0.1) is 11.3 Å². The van der Waals surface area contributed by atoms with Gasteiger partial charge in [-0.1, -0.05) is 129 Å². The molecule has 0 bridgehead atoms. The lowest BCUT2D eigenvalue weighted by Crippen LogP contribution is -1.91. The van der Waals surface area contributed by atoms with Gasteiger partial charge in [0, 0.05) is 21.2 Å². The van der Waals surface area contributed by atoms with E-state index in [1.807, 2.05) is 11.3 Å². The van der Waals surface area contributed by atoms with Gasteiger partial charge in [0.2, 0.25) is 0 Å². The molecule has 1 heterocycles.